The van der Waals surface area contributed by atoms with E-state index in [1.54, 1.807) is 19.6 Å². The van der Waals surface area contributed by atoms with Crippen LogP contribution in [0.25, 0.3) is 0 Å². The Kier molecular flexibility index (Phi) is 18.2. The van der Waals surface area contributed by atoms with Crippen LogP contribution in [0.2, 0.25) is 0 Å². The molecule has 282 valence electrons. The van der Waals surface area contributed by atoms with E-state index in [9.17, 15) is 64.0 Å². The van der Waals surface area contributed by atoms with Crippen molar-refractivity contribution in [2.24, 2.45) is 5.92 Å². The number of Topliss-reactive ketones (excluding diaryl/α,β-unsaturated/α-hetero) is 1. The minimum atomic E-state index is -1.73. The molecule has 0 spiro atoms. The predicted molar refractivity (Wildman–Crippen MR) is 174 cm³/mol. The van der Waals surface area contributed by atoms with Crippen LogP contribution in [0.1, 0.15) is 26.2 Å². The summed E-state index contributed by atoms with van der Waals surface area (Å²) in [6.45, 7) is 1.02. The van der Waals surface area contributed by atoms with Gasteiger partial charge in [0.1, 0.15) is 6.04 Å². The Bertz CT molecular complexity index is 1160. The van der Waals surface area contributed by atoms with E-state index in [2.05, 4.69) is 10.6 Å². The number of hydrogen-bond acceptors (Lipinski definition) is 14. The normalized spacial score (nSPS) is 20.2. The van der Waals surface area contributed by atoms with E-state index in [0.29, 0.717) is 12.8 Å². The van der Waals surface area contributed by atoms with E-state index in [-0.39, 0.29) is 85.1 Å². The highest BCUT2D eigenvalue weighted by molar-refractivity contribution is 6.43. The predicted octanol–water partition coefficient (Wildman–Crippen LogP) is -5.35. The number of ketones is 1. The first-order chi connectivity index (χ1) is 23.6. The summed E-state index contributed by atoms with van der Waals surface area (Å²) in [4.78, 5) is 93.2. The van der Waals surface area contributed by atoms with Crippen molar-refractivity contribution in [2.75, 3.05) is 98.2 Å². The van der Waals surface area contributed by atoms with Crippen molar-refractivity contribution in [3.8, 4) is 0 Å². The number of nitrogens with zero attached hydrogens (tertiary/aromatic N) is 5. The van der Waals surface area contributed by atoms with E-state index in [0.717, 1.165) is 0 Å². The number of carbonyl (C=O) groups is 7. The number of rotatable bonds is 17. The molecule has 0 unspecified atom stereocenters. The van der Waals surface area contributed by atoms with Crippen molar-refractivity contribution >= 4 is 48.5 Å². The summed E-state index contributed by atoms with van der Waals surface area (Å²) in [5.74, 6) is -7.71. The first kappa shape index (κ1) is 42.4. The molecule has 2 heterocycles. The minimum absolute atomic E-state index is 0.200. The highest BCUT2D eigenvalue weighted by Gasteiger charge is 2.39. The Morgan fingerprint density at radius 2 is 1.16 bits per heavy atom. The first-order valence-corrected chi connectivity index (χ1v) is 16.5. The van der Waals surface area contributed by atoms with Gasteiger partial charge in [-0.15, -0.1) is 0 Å². The second-order valence-electron chi connectivity index (χ2n) is 12.6. The standard InChI is InChI=1S/C29H50BN7O13/c1-20(29(48)37-4-2-3-23(37)30(49)50)32-28(47)21(19-38)13-22(39)14-31-24(40)15-33-5-7-34(16-25(41)42)9-11-36(18-27(45)46)12-10-35(8-6-33)17-26(43)44/h20-21,23,38,49-50H,2-19H2,1H3,(H,31,40)(H,32,47)(H,41,42)(H,43,44)(H,45,46)/t20-,21+,23+/m1/s1. The third-order valence-electron chi connectivity index (χ3n) is 8.58. The van der Waals surface area contributed by atoms with E-state index in [1.165, 1.54) is 11.8 Å². The Morgan fingerprint density at radius 1 is 0.720 bits per heavy atom. The maximum Gasteiger partial charge on any atom is 0.475 e. The zero-order valence-corrected chi connectivity index (χ0v) is 28.3. The van der Waals surface area contributed by atoms with Crippen molar-refractivity contribution in [3.05, 3.63) is 0 Å². The number of aliphatic hydroxyl groups is 1. The molecule has 2 saturated heterocycles. The molecule has 50 heavy (non-hydrogen) atoms. The van der Waals surface area contributed by atoms with E-state index >= 15 is 0 Å². The van der Waals surface area contributed by atoms with Gasteiger partial charge < -0.3 is 46.0 Å². The van der Waals surface area contributed by atoms with Crippen LogP contribution in [-0.4, -0.2) is 214 Å². The van der Waals surface area contributed by atoms with Crippen molar-refractivity contribution in [1.82, 2.24) is 35.1 Å². The lowest BCUT2D eigenvalue weighted by Crippen LogP contribution is -2.53. The Morgan fingerprint density at radius 3 is 1.56 bits per heavy atom. The van der Waals surface area contributed by atoms with Gasteiger partial charge in [-0.3, -0.25) is 53.2 Å². The number of amides is 3. The number of carbonyl (C=O) groups excluding carboxylic acids is 4. The van der Waals surface area contributed by atoms with Crippen molar-refractivity contribution in [2.45, 2.75) is 38.2 Å². The van der Waals surface area contributed by atoms with Crippen LogP contribution in [0.4, 0.5) is 0 Å². The van der Waals surface area contributed by atoms with Crippen molar-refractivity contribution in [3.63, 3.8) is 0 Å². The summed E-state index contributed by atoms with van der Waals surface area (Å²) >= 11 is 0. The van der Waals surface area contributed by atoms with Gasteiger partial charge in [0.25, 0.3) is 0 Å². The zero-order chi connectivity index (χ0) is 37.4. The molecule has 0 radical (unpaired) electrons. The number of aliphatic hydroxyl groups excluding tert-OH is 1. The molecule has 3 amide bonds. The lowest BCUT2D eigenvalue weighted by atomic mass is 9.78. The molecule has 20 nitrogen and oxygen atoms in total. The lowest BCUT2D eigenvalue weighted by Gasteiger charge is -2.32. The maximum absolute atomic E-state index is 12.9. The smallest absolute Gasteiger partial charge is 0.475 e. The molecule has 3 atom stereocenters. The van der Waals surface area contributed by atoms with Crippen LogP contribution >= 0.6 is 0 Å². The van der Waals surface area contributed by atoms with Crippen molar-refractivity contribution < 1.29 is 64.0 Å². The van der Waals surface area contributed by atoms with Gasteiger partial charge in [-0.05, 0) is 19.8 Å². The Balaban J connectivity index is 1.97. The summed E-state index contributed by atoms with van der Waals surface area (Å²) in [5, 5.41) is 61.8. The molecular weight excluding hydrogens is 665 g/mol. The number of likely N-dealkylation sites (tertiary alicyclic amines) is 1. The molecule has 21 heteroatoms. The van der Waals surface area contributed by atoms with Gasteiger partial charge in [0.15, 0.2) is 5.78 Å². The van der Waals surface area contributed by atoms with Gasteiger partial charge in [-0.2, -0.15) is 0 Å². The Hall–Kier alpha value is -3.73. The van der Waals surface area contributed by atoms with E-state index < -0.39 is 86.0 Å². The molecule has 2 fully saturated rings. The van der Waals surface area contributed by atoms with Crippen molar-refractivity contribution in [1.29, 1.82) is 0 Å². The molecule has 0 aliphatic carbocycles. The summed E-state index contributed by atoms with van der Waals surface area (Å²) in [6, 6.07) is -1.06. The SMILES string of the molecule is C[C@@H](NC(=O)[C@H](CO)CC(=O)CNC(=O)CN1CCN(CC(=O)O)CCN(CC(=O)O)CCN(CC(=O)O)CC1)C(=O)N1CCC[C@H]1B(O)O. The largest absolute Gasteiger partial charge is 0.480 e. The quantitative estimate of drug-likeness (QED) is 0.0653. The molecule has 0 bridgehead atoms. The number of aliphatic carboxylic acids is 3. The minimum Gasteiger partial charge on any atom is -0.480 e. The molecule has 0 saturated carbocycles. The molecule has 2 aliphatic heterocycles. The average Bonchev–Trinajstić information content (AvgIpc) is 3.53. The fourth-order valence-electron chi connectivity index (χ4n) is 5.85. The van der Waals surface area contributed by atoms with E-state index in [4.69, 9.17) is 0 Å². The number of hydrogen-bond donors (Lipinski definition) is 8. The fraction of sp³-hybridized carbons (Fsp3) is 0.759. The Labute approximate surface area is 290 Å². The van der Waals surface area contributed by atoms with Gasteiger partial charge in [-0.25, -0.2) is 0 Å². The molecule has 8 N–H and O–H groups in total. The highest BCUT2D eigenvalue weighted by Crippen LogP contribution is 2.19. The zero-order valence-electron chi connectivity index (χ0n) is 28.3. The van der Waals surface area contributed by atoms with Crippen LogP contribution in [-0.2, 0) is 33.6 Å². The highest BCUT2D eigenvalue weighted by atomic mass is 16.4. The third-order valence-corrected chi connectivity index (χ3v) is 8.58. The number of nitrogens with one attached hydrogen (secondary N) is 2. The van der Waals surface area contributed by atoms with Gasteiger partial charge in [0, 0.05) is 65.3 Å². The molecule has 2 aliphatic rings. The summed E-state index contributed by atoms with van der Waals surface area (Å²) < 4.78 is 0. The second kappa shape index (κ2) is 21.5. The topological polar surface area (TPSA) is 281 Å². The molecule has 2 rings (SSSR count). The summed E-state index contributed by atoms with van der Waals surface area (Å²) in [7, 11) is -1.73. The molecular formula is C29H50BN7O13. The summed E-state index contributed by atoms with van der Waals surface area (Å²) in [5.41, 5.74) is 0. The van der Waals surface area contributed by atoms with Crippen LogP contribution in [0, 0.1) is 5.92 Å². The van der Waals surface area contributed by atoms with Crippen LogP contribution < -0.4 is 10.6 Å². The van der Waals surface area contributed by atoms with Crippen LogP contribution in [0.15, 0.2) is 0 Å². The number of carboxylic acid groups (broad SMARTS) is 3. The number of carboxylic acids is 3. The fourth-order valence-corrected chi connectivity index (χ4v) is 5.85. The average molecular weight is 716 g/mol. The molecule has 0 aromatic heterocycles. The van der Waals surface area contributed by atoms with Crippen LogP contribution in [0.3, 0.4) is 0 Å². The van der Waals surface area contributed by atoms with Gasteiger partial charge in [0.2, 0.25) is 17.7 Å². The van der Waals surface area contributed by atoms with Gasteiger partial charge >= 0.3 is 25.0 Å². The second-order valence-corrected chi connectivity index (χ2v) is 12.6. The third kappa shape index (κ3) is 15.4. The molecule has 0 aromatic rings. The summed E-state index contributed by atoms with van der Waals surface area (Å²) in [6.07, 6.45) is 0.512. The van der Waals surface area contributed by atoms with Gasteiger partial charge in [-0.1, -0.05) is 0 Å². The molecule has 0 aromatic carbocycles. The monoisotopic (exact) mass is 715 g/mol. The van der Waals surface area contributed by atoms with E-state index in [1.807, 2.05) is 0 Å². The van der Waals surface area contributed by atoms with Crippen LogP contribution in [0.5, 0.6) is 0 Å². The van der Waals surface area contributed by atoms with Gasteiger partial charge in [0.05, 0.1) is 51.2 Å². The maximum atomic E-state index is 12.9. The lowest BCUT2D eigenvalue weighted by molar-refractivity contribution is -0.140. The first-order valence-electron chi connectivity index (χ1n) is 16.5.